The molecular weight excluding hydrogens is 249 g/mol. The molecule has 0 aliphatic rings. The molecule has 3 N–H and O–H groups in total. The highest BCUT2D eigenvalue weighted by atomic mass is 19.4. The van der Waals surface area contributed by atoms with Crippen LogP contribution in [0.1, 0.15) is 33.6 Å². The van der Waals surface area contributed by atoms with Gasteiger partial charge in [0, 0.05) is 6.54 Å². The van der Waals surface area contributed by atoms with Crippen LogP contribution in [0.15, 0.2) is 0 Å². The summed E-state index contributed by atoms with van der Waals surface area (Å²) in [4.78, 5) is 11.3. The van der Waals surface area contributed by atoms with Crippen LogP contribution in [0, 0.1) is 0 Å². The van der Waals surface area contributed by atoms with E-state index in [-0.39, 0.29) is 6.54 Å². The third kappa shape index (κ3) is 6.80. The lowest BCUT2D eigenvalue weighted by Gasteiger charge is -2.27. The normalized spacial score (nSPS) is 14.4. The van der Waals surface area contributed by atoms with Crippen LogP contribution in [-0.2, 0) is 4.79 Å². The Morgan fingerprint density at radius 3 is 2.11 bits per heavy atom. The van der Waals surface area contributed by atoms with Gasteiger partial charge in [-0.3, -0.25) is 4.79 Å². The predicted octanol–water partition coefficient (Wildman–Crippen LogP) is 1.19. The van der Waals surface area contributed by atoms with E-state index in [0.717, 1.165) is 0 Å². The van der Waals surface area contributed by atoms with Crippen LogP contribution in [-0.4, -0.2) is 41.9 Å². The van der Waals surface area contributed by atoms with Gasteiger partial charge in [-0.1, -0.05) is 13.8 Å². The van der Waals surface area contributed by atoms with Crippen LogP contribution >= 0.6 is 0 Å². The van der Waals surface area contributed by atoms with Gasteiger partial charge in [-0.15, -0.1) is 0 Å². The van der Waals surface area contributed by atoms with Gasteiger partial charge in [-0.05, 0) is 19.8 Å². The van der Waals surface area contributed by atoms with E-state index in [1.807, 2.05) is 0 Å². The summed E-state index contributed by atoms with van der Waals surface area (Å²) in [6.07, 6.45) is -3.40. The predicted molar refractivity (Wildman–Crippen MR) is 62.1 cm³/mol. The molecule has 0 spiro atoms. The fourth-order valence-electron chi connectivity index (χ4n) is 1.28. The third-order valence-corrected chi connectivity index (χ3v) is 2.91. The Balaban J connectivity index is 4.09. The van der Waals surface area contributed by atoms with E-state index < -0.39 is 30.3 Å². The van der Waals surface area contributed by atoms with Gasteiger partial charge < -0.3 is 15.7 Å². The molecule has 0 aliphatic heterocycles. The number of hydrogen-bond donors (Lipinski definition) is 3. The first-order valence-electron chi connectivity index (χ1n) is 5.93. The van der Waals surface area contributed by atoms with Crippen molar-refractivity contribution in [3.8, 4) is 0 Å². The monoisotopic (exact) mass is 270 g/mol. The molecule has 108 valence electrons. The molecule has 0 rings (SSSR count). The summed E-state index contributed by atoms with van der Waals surface area (Å²) in [6, 6.07) is -0.781. The maximum absolute atomic E-state index is 11.9. The van der Waals surface area contributed by atoms with Gasteiger partial charge in [-0.2, -0.15) is 13.2 Å². The summed E-state index contributed by atoms with van der Waals surface area (Å²) in [6.45, 7) is 3.89. The largest absolute Gasteiger partial charge is 0.405 e. The molecular formula is C11H21F3N2O2. The number of halogens is 3. The van der Waals surface area contributed by atoms with Gasteiger partial charge >= 0.3 is 6.18 Å². The van der Waals surface area contributed by atoms with Crippen LogP contribution in [0.2, 0.25) is 0 Å². The minimum absolute atomic E-state index is 0.167. The number of carbonyl (C=O) groups excluding carboxylic acids is 1. The van der Waals surface area contributed by atoms with Crippen LogP contribution in [0.3, 0.4) is 0 Å². The zero-order chi connectivity index (χ0) is 14.4. The average Bonchev–Trinajstić information content (AvgIpc) is 2.31. The van der Waals surface area contributed by atoms with Gasteiger partial charge in [-0.25, -0.2) is 0 Å². The minimum atomic E-state index is -4.41. The number of carbonyl (C=O) groups is 1. The minimum Gasteiger partial charge on any atom is -0.389 e. The Labute approximate surface area is 105 Å². The molecule has 1 atom stereocenters. The molecule has 0 aromatic heterocycles. The number of nitrogens with one attached hydrogen (secondary N) is 2. The molecule has 0 saturated carbocycles. The van der Waals surface area contributed by atoms with E-state index in [1.165, 1.54) is 6.92 Å². The first kappa shape index (κ1) is 17.2. The highest BCUT2D eigenvalue weighted by Crippen LogP contribution is 2.14. The Hall–Kier alpha value is -0.820. The van der Waals surface area contributed by atoms with Gasteiger partial charge in [0.25, 0.3) is 0 Å². The molecule has 0 aromatic rings. The Kier molecular flexibility index (Phi) is 6.62. The molecule has 0 aromatic carbocycles. The fourth-order valence-corrected chi connectivity index (χ4v) is 1.28. The molecule has 4 nitrogen and oxygen atoms in total. The second kappa shape index (κ2) is 6.94. The van der Waals surface area contributed by atoms with Gasteiger partial charge in [0.15, 0.2) is 0 Å². The quantitative estimate of drug-likeness (QED) is 0.651. The Morgan fingerprint density at radius 2 is 1.72 bits per heavy atom. The van der Waals surface area contributed by atoms with E-state index in [4.69, 9.17) is 0 Å². The fraction of sp³-hybridized carbons (Fsp3) is 0.909. The molecule has 0 bridgehead atoms. The summed E-state index contributed by atoms with van der Waals surface area (Å²) in [5.74, 6) is -0.734. The van der Waals surface area contributed by atoms with E-state index in [9.17, 15) is 23.1 Å². The molecule has 1 amide bonds. The van der Waals surface area contributed by atoms with Crippen molar-refractivity contribution in [3.05, 3.63) is 0 Å². The maximum atomic E-state index is 11.9. The van der Waals surface area contributed by atoms with Gasteiger partial charge in [0.1, 0.15) is 6.54 Å². The molecule has 18 heavy (non-hydrogen) atoms. The second-order valence-corrected chi connectivity index (χ2v) is 4.37. The van der Waals surface area contributed by atoms with E-state index >= 15 is 0 Å². The summed E-state index contributed by atoms with van der Waals surface area (Å²) in [5.41, 5.74) is -0.932. The van der Waals surface area contributed by atoms with Crippen LogP contribution in [0.4, 0.5) is 13.2 Å². The number of hydrogen-bond acceptors (Lipinski definition) is 3. The third-order valence-electron chi connectivity index (χ3n) is 2.91. The van der Waals surface area contributed by atoms with Gasteiger partial charge in [0.2, 0.25) is 5.91 Å². The number of rotatable bonds is 7. The number of amides is 1. The van der Waals surface area contributed by atoms with Gasteiger partial charge in [0.05, 0.1) is 11.6 Å². The highest BCUT2D eigenvalue weighted by Gasteiger charge is 2.29. The Bertz CT molecular complexity index is 266. The summed E-state index contributed by atoms with van der Waals surface area (Å²) >= 11 is 0. The molecule has 7 heteroatoms. The lowest BCUT2D eigenvalue weighted by atomic mass is 9.97. The van der Waals surface area contributed by atoms with Crippen LogP contribution in [0.5, 0.6) is 0 Å². The van der Waals surface area contributed by atoms with Crippen molar-refractivity contribution in [1.29, 1.82) is 0 Å². The SMILES string of the molecule is CCC(O)(CC)CNC(C)C(=O)NCC(F)(F)F. The molecule has 0 fully saturated rings. The lowest BCUT2D eigenvalue weighted by Crippen LogP contribution is -2.50. The summed E-state index contributed by atoms with van der Waals surface area (Å²) < 4.78 is 35.7. The van der Waals surface area contributed by atoms with E-state index in [2.05, 4.69) is 5.32 Å². The van der Waals surface area contributed by atoms with Crippen molar-refractivity contribution in [2.24, 2.45) is 0 Å². The molecule has 0 radical (unpaired) electrons. The summed E-state index contributed by atoms with van der Waals surface area (Å²) in [5, 5.41) is 14.5. The van der Waals surface area contributed by atoms with Crippen LogP contribution in [0.25, 0.3) is 0 Å². The first-order valence-corrected chi connectivity index (χ1v) is 5.93. The van der Waals surface area contributed by atoms with Crippen LogP contribution < -0.4 is 10.6 Å². The topological polar surface area (TPSA) is 61.4 Å². The highest BCUT2D eigenvalue weighted by molar-refractivity contribution is 5.81. The molecule has 1 unspecified atom stereocenters. The number of aliphatic hydroxyl groups is 1. The second-order valence-electron chi connectivity index (χ2n) is 4.37. The zero-order valence-electron chi connectivity index (χ0n) is 10.9. The molecule has 0 aliphatic carbocycles. The first-order chi connectivity index (χ1) is 8.13. The molecule has 0 saturated heterocycles. The Morgan fingerprint density at radius 1 is 1.22 bits per heavy atom. The smallest absolute Gasteiger partial charge is 0.389 e. The zero-order valence-corrected chi connectivity index (χ0v) is 10.9. The van der Waals surface area contributed by atoms with Crippen molar-refractivity contribution < 1.29 is 23.1 Å². The van der Waals surface area contributed by atoms with E-state index in [1.54, 1.807) is 19.2 Å². The van der Waals surface area contributed by atoms with Crippen molar-refractivity contribution in [2.75, 3.05) is 13.1 Å². The van der Waals surface area contributed by atoms with E-state index in [0.29, 0.717) is 12.8 Å². The summed E-state index contributed by atoms with van der Waals surface area (Å²) in [7, 11) is 0. The average molecular weight is 270 g/mol. The lowest BCUT2D eigenvalue weighted by molar-refractivity contribution is -0.139. The maximum Gasteiger partial charge on any atom is 0.405 e. The van der Waals surface area contributed by atoms with Crippen molar-refractivity contribution in [2.45, 2.75) is 51.4 Å². The number of alkyl halides is 3. The van der Waals surface area contributed by atoms with Crippen molar-refractivity contribution >= 4 is 5.91 Å². The standard InChI is InChI=1S/C11H21F3N2O2/c1-4-10(18,5-2)6-15-8(3)9(17)16-7-11(12,13)14/h8,15,18H,4-7H2,1-3H3,(H,16,17). The molecule has 0 heterocycles. The van der Waals surface area contributed by atoms with Crippen molar-refractivity contribution in [3.63, 3.8) is 0 Å². The van der Waals surface area contributed by atoms with Crippen molar-refractivity contribution in [1.82, 2.24) is 10.6 Å².